The maximum absolute atomic E-state index is 2.58. The molecular weight excluding hydrogens is 408 g/mol. The fraction of sp³-hybridized carbons (Fsp3) is 1.00. The summed E-state index contributed by atoms with van der Waals surface area (Å²) in [6.07, 6.45) is 23.2. The maximum Gasteiger partial charge on any atom is -0.0352 e. The standard InChI is InChI=1S/C34H68/c1-10-15-19-27(8)32(18-13-4)24-30(16-11-2)23-29(14-5)25-33-28(9)22-34(33)31(17-12-3)21-20-26(6)7/h26-34H,10-25H2,1-9H3. The third-order valence-electron chi connectivity index (χ3n) is 9.96. The van der Waals surface area contributed by atoms with Gasteiger partial charge in [-0.15, -0.1) is 0 Å². The number of hydrogen-bond acceptors (Lipinski definition) is 0. The van der Waals surface area contributed by atoms with Crippen molar-refractivity contribution in [2.24, 2.45) is 53.3 Å². The molecule has 1 saturated carbocycles. The molecule has 1 aliphatic rings. The lowest BCUT2D eigenvalue weighted by Gasteiger charge is -2.49. The van der Waals surface area contributed by atoms with Gasteiger partial charge in [0.15, 0.2) is 0 Å². The molecule has 0 amide bonds. The van der Waals surface area contributed by atoms with Gasteiger partial charge in [-0.2, -0.15) is 0 Å². The summed E-state index contributed by atoms with van der Waals surface area (Å²) in [7, 11) is 0. The molecule has 0 aliphatic heterocycles. The Bertz CT molecular complexity index is 465. The van der Waals surface area contributed by atoms with E-state index in [4.69, 9.17) is 0 Å². The monoisotopic (exact) mass is 477 g/mol. The summed E-state index contributed by atoms with van der Waals surface area (Å²) in [5, 5.41) is 0. The van der Waals surface area contributed by atoms with E-state index in [1.165, 1.54) is 103 Å². The first-order valence-corrected chi connectivity index (χ1v) is 16.3. The highest BCUT2D eigenvalue weighted by molar-refractivity contribution is 4.92. The molecule has 0 saturated heterocycles. The zero-order valence-electron chi connectivity index (χ0n) is 25.5. The Morgan fingerprint density at radius 3 is 1.88 bits per heavy atom. The number of rotatable bonds is 21. The van der Waals surface area contributed by atoms with Crippen LogP contribution in [0.5, 0.6) is 0 Å². The Hall–Kier alpha value is 0. The van der Waals surface area contributed by atoms with Gasteiger partial charge in [0.1, 0.15) is 0 Å². The SMILES string of the molecule is CCCCC(C)C(CCC)CC(CCC)CC(CC)CC1C(C)CC1C(CCC)CCC(C)C. The molecule has 0 aromatic carbocycles. The van der Waals surface area contributed by atoms with E-state index in [-0.39, 0.29) is 0 Å². The highest BCUT2D eigenvalue weighted by atomic mass is 14.5. The van der Waals surface area contributed by atoms with Crippen LogP contribution in [0, 0.1) is 53.3 Å². The molecule has 0 heterocycles. The summed E-state index contributed by atoms with van der Waals surface area (Å²) in [4.78, 5) is 0. The predicted molar refractivity (Wildman–Crippen MR) is 156 cm³/mol. The minimum Gasteiger partial charge on any atom is -0.0654 e. The molecule has 1 aliphatic carbocycles. The second-order valence-corrected chi connectivity index (χ2v) is 13.4. The van der Waals surface area contributed by atoms with Gasteiger partial charge in [0, 0.05) is 0 Å². The minimum absolute atomic E-state index is 0.865. The van der Waals surface area contributed by atoms with Gasteiger partial charge in [0.2, 0.25) is 0 Å². The van der Waals surface area contributed by atoms with Gasteiger partial charge in [-0.3, -0.25) is 0 Å². The normalized spacial score (nSPS) is 25.1. The second kappa shape index (κ2) is 18.3. The highest BCUT2D eigenvalue weighted by Crippen LogP contribution is 2.51. The van der Waals surface area contributed by atoms with E-state index in [2.05, 4.69) is 62.3 Å². The summed E-state index contributed by atoms with van der Waals surface area (Å²) in [6.45, 7) is 22.1. The van der Waals surface area contributed by atoms with Crippen LogP contribution in [0.4, 0.5) is 0 Å². The fourth-order valence-corrected chi connectivity index (χ4v) is 7.67. The van der Waals surface area contributed by atoms with E-state index in [9.17, 15) is 0 Å². The van der Waals surface area contributed by atoms with Crippen LogP contribution in [0.25, 0.3) is 0 Å². The van der Waals surface area contributed by atoms with Gasteiger partial charge < -0.3 is 0 Å². The summed E-state index contributed by atoms with van der Waals surface area (Å²) in [6, 6.07) is 0. The molecule has 0 spiro atoms. The van der Waals surface area contributed by atoms with Crippen LogP contribution < -0.4 is 0 Å². The lowest BCUT2D eigenvalue weighted by Crippen LogP contribution is -2.41. The van der Waals surface area contributed by atoms with Gasteiger partial charge in [-0.05, 0) is 85.4 Å². The Morgan fingerprint density at radius 1 is 0.676 bits per heavy atom. The Balaban J connectivity index is 2.79. The molecule has 0 radical (unpaired) electrons. The van der Waals surface area contributed by atoms with Crippen LogP contribution >= 0.6 is 0 Å². The topological polar surface area (TPSA) is 0 Å². The second-order valence-electron chi connectivity index (χ2n) is 13.4. The Labute approximate surface area is 218 Å². The van der Waals surface area contributed by atoms with Crippen LogP contribution in [-0.2, 0) is 0 Å². The van der Waals surface area contributed by atoms with E-state index in [0.717, 1.165) is 53.3 Å². The van der Waals surface area contributed by atoms with Gasteiger partial charge in [0.05, 0.1) is 0 Å². The van der Waals surface area contributed by atoms with Gasteiger partial charge in [-0.25, -0.2) is 0 Å². The summed E-state index contributed by atoms with van der Waals surface area (Å²) < 4.78 is 0. The van der Waals surface area contributed by atoms with Crippen molar-refractivity contribution in [2.75, 3.05) is 0 Å². The van der Waals surface area contributed by atoms with Crippen molar-refractivity contribution < 1.29 is 0 Å². The minimum atomic E-state index is 0.865. The smallest absolute Gasteiger partial charge is 0.0352 e. The van der Waals surface area contributed by atoms with Crippen molar-refractivity contribution in [3.63, 3.8) is 0 Å². The van der Waals surface area contributed by atoms with Crippen molar-refractivity contribution >= 4 is 0 Å². The molecule has 8 unspecified atom stereocenters. The average molecular weight is 477 g/mol. The quantitative estimate of drug-likeness (QED) is 0.154. The summed E-state index contributed by atoms with van der Waals surface area (Å²) in [5.74, 6) is 8.72. The molecular formula is C34H68. The van der Waals surface area contributed by atoms with E-state index in [0.29, 0.717) is 0 Å². The van der Waals surface area contributed by atoms with E-state index in [1.54, 1.807) is 0 Å². The zero-order chi connectivity index (χ0) is 25.5. The third-order valence-corrected chi connectivity index (χ3v) is 9.96. The van der Waals surface area contributed by atoms with E-state index in [1.807, 2.05) is 0 Å². The van der Waals surface area contributed by atoms with Gasteiger partial charge in [0.25, 0.3) is 0 Å². The molecule has 1 rings (SSSR count). The molecule has 8 atom stereocenters. The Morgan fingerprint density at radius 2 is 1.35 bits per heavy atom. The first-order chi connectivity index (χ1) is 16.3. The van der Waals surface area contributed by atoms with Crippen LogP contribution in [0.3, 0.4) is 0 Å². The van der Waals surface area contributed by atoms with E-state index >= 15 is 0 Å². The predicted octanol–water partition coefficient (Wildman–Crippen LogP) is 12.0. The maximum atomic E-state index is 2.58. The number of unbranched alkanes of at least 4 members (excludes halogenated alkanes) is 1. The zero-order valence-corrected chi connectivity index (χ0v) is 25.5. The van der Waals surface area contributed by atoms with Crippen LogP contribution in [0.2, 0.25) is 0 Å². The average Bonchev–Trinajstić information content (AvgIpc) is 2.80. The third kappa shape index (κ3) is 11.4. The van der Waals surface area contributed by atoms with Crippen molar-refractivity contribution in [1.82, 2.24) is 0 Å². The van der Waals surface area contributed by atoms with E-state index < -0.39 is 0 Å². The largest absolute Gasteiger partial charge is 0.0654 e. The first kappa shape index (κ1) is 32.0. The van der Waals surface area contributed by atoms with Crippen molar-refractivity contribution in [3.05, 3.63) is 0 Å². The molecule has 1 fully saturated rings. The first-order valence-electron chi connectivity index (χ1n) is 16.3. The molecule has 0 aromatic heterocycles. The summed E-state index contributed by atoms with van der Waals surface area (Å²) in [5.41, 5.74) is 0. The molecule has 0 aromatic rings. The van der Waals surface area contributed by atoms with Gasteiger partial charge >= 0.3 is 0 Å². The fourth-order valence-electron chi connectivity index (χ4n) is 7.67. The van der Waals surface area contributed by atoms with Crippen molar-refractivity contribution in [3.8, 4) is 0 Å². The van der Waals surface area contributed by atoms with Crippen LogP contribution in [-0.4, -0.2) is 0 Å². The van der Waals surface area contributed by atoms with Crippen molar-refractivity contribution in [1.29, 1.82) is 0 Å². The summed E-state index contributed by atoms with van der Waals surface area (Å²) >= 11 is 0. The number of hydrogen-bond donors (Lipinski definition) is 0. The molecule has 0 N–H and O–H groups in total. The van der Waals surface area contributed by atoms with Crippen LogP contribution in [0.1, 0.15) is 165 Å². The molecule has 204 valence electrons. The lowest BCUT2D eigenvalue weighted by atomic mass is 9.56. The van der Waals surface area contributed by atoms with Gasteiger partial charge in [-0.1, -0.05) is 133 Å². The van der Waals surface area contributed by atoms with Crippen LogP contribution in [0.15, 0.2) is 0 Å². The Kier molecular flexibility index (Phi) is 17.2. The molecule has 0 nitrogen and oxygen atoms in total. The molecule has 0 heteroatoms. The van der Waals surface area contributed by atoms with Crippen molar-refractivity contribution in [2.45, 2.75) is 165 Å². The lowest BCUT2D eigenvalue weighted by molar-refractivity contribution is 0.00343. The highest BCUT2D eigenvalue weighted by Gasteiger charge is 2.42. The molecule has 0 bridgehead atoms. The molecule has 34 heavy (non-hydrogen) atoms.